The standard InChI is InChI=1S/C13H16N2O/c1-9(2)11-4-6-12(7-5-11)15-8-10(3)13(16)14-15/h4-7,9H,3,8H2,1-2H3,(H,14,16). The molecule has 3 nitrogen and oxygen atoms in total. The lowest BCUT2D eigenvalue weighted by Crippen LogP contribution is -2.32. The van der Waals surface area contributed by atoms with Crippen LogP contribution in [0.25, 0.3) is 0 Å². The lowest BCUT2D eigenvalue weighted by Gasteiger charge is -2.17. The number of hydrogen-bond acceptors (Lipinski definition) is 2. The van der Waals surface area contributed by atoms with Crippen LogP contribution in [0, 0.1) is 0 Å². The lowest BCUT2D eigenvalue weighted by atomic mass is 10.0. The van der Waals surface area contributed by atoms with Gasteiger partial charge in [0.05, 0.1) is 12.2 Å². The highest BCUT2D eigenvalue weighted by atomic mass is 16.2. The van der Waals surface area contributed by atoms with E-state index in [1.54, 1.807) is 0 Å². The summed E-state index contributed by atoms with van der Waals surface area (Å²) in [5.41, 5.74) is 5.66. The third-order valence-electron chi connectivity index (χ3n) is 2.78. The first-order chi connectivity index (χ1) is 7.58. The van der Waals surface area contributed by atoms with Crippen LogP contribution in [0.1, 0.15) is 25.3 Å². The van der Waals surface area contributed by atoms with Gasteiger partial charge in [0.15, 0.2) is 0 Å². The summed E-state index contributed by atoms with van der Waals surface area (Å²) < 4.78 is 0. The summed E-state index contributed by atoms with van der Waals surface area (Å²) in [6.07, 6.45) is 0. The van der Waals surface area contributed by atoms with Crippen molar-refractivity contribution in [3.05, 3.63) is 42.0 Å². The van der Waals surface area contributed by atoms with Crippen molar-refractivity contribution in [2.24, 2.45) is 0 Å². The molecule has 16 heavy (non-hydrogen) atoms. The minimum absolute atomic E-state index is 0.0899. The molecule has 1 saturated heterocycles. The Labute approximate surface area is 95.7 Å². The maximum Gasteiger partial charge on any atom is 0.267 e. The molecule has 1 aliphatic rings. The smallest absolute Gasteiger partial charge is 0.267 e. The average molecular weight is 216 g/mol. The maximum atomic E-state index is 11.3. The minimum atomic E-state index is -0.0899. The molecule has 1 fully saturated rings. The van der Waals surface area contributed by atoms with Crippen LogP contribution >= 0.6 is 0 Å². The molecule has 0 aliphatic carbocycles. The van der Waals surface area contributed by atoms with Gasteiger partial charge in [-0.25, -0.2) is 0 Å². The van der Waals surface area contributed by atoms with Crippen LogP contribution < -0.4 is 10.4 Å². The van der Waals surface area contributed by atoms with Crippen LogP contribution in [0.3, 0.4) is 0 Å². The molecule has 1 aromatic carbocycles. The van der Waals surface area contributed by atoms with E-state index in [1.165, 1.54) is 5.56 Å². The molecule has 0 unspecified atom stereocenters. The van der Waals surface area contributed by atoms with Gasteiger partial charge in [-0.05, 0) is 23.6 Å². The first-order valence-electron chi connectivity index (χ1n) is 5.44. The quantitative estimate of drug-likeness (QED) is 0.769. The number of rotatable bonds is 2. The van der Waals surface area contributed by atoms with Gasteiger partial charge in [-0.15, -0.1) is 0 Å². The van der Waals surface area contributed by atoms with Crippen molar-refractivity contribution in [2.45, 2.75) is 19.8 Å². The van der Waals surface area contributed by atoms with E-state index < -0.39 is 0 Å². The van der Waals surface area contributed by atoms with E-state index in [0.717, 1.165) is 5.69 Å². The summed E-state index contributed by atoms with van der Waals surface area (Å²) in [4.78, 5) is 11.3. The molecule has 1 aliphatic heterocycles. The molecule has 0 radical (unpaired) electrons. The number of carbonyl (C=O) groups excluding carboxylic acids is 1. The van der Waals surface area contributed by atoms with E-state index in [0.29, 0.717) is 18.0 Å². The van der Waals surface area contributed by atoms with Crippen LogP contribution in [0.4, 0.5) is 5.69 Å². The minimum Gasteiger partial charge on any atom is -0.281 e. The molecule has 1 amide bonds. The van der Waals surface area contributed by atoms with Crippen molar-refractivity contribution in [3.8, 4) is 0 Å². The predicted molar refractivity (Wildman–Crippen MR) is 65.2 cm³/mol. The van der Waals surface area contributed by atoms with E-state index in [9.17, 15) is 4.79 Å². The number of hydrazine groups is 1. The number of amides is 1. The Morgan fingerprint density at radius 1 is 1.31 bits per heavy atom. The highest BCUT2D eigenvalue weighted by molar-refractivity contribution is 5.97. The van der Waals surface area contributed by atoms with Crippen molar-refractivity contribution in [2.75, 3.05) is 11.6 Å². The molecule has 0 aromatic heterocycles. The highest BCUT2D eigenvalue weighted by Gasteiger charge is 2.22. The zero-order valence-electron chi connectivity index (χ0n) is 9.66. The van der Waals surface area contributed by atoms with Gasteiger partial charge in [-0.2, -0.15) is 0 Å². The number of nitrogens with zero attached hydrogens (tertiary/aromatic N) is 1. The van der Waals surface area contributed by atoms with Gasteiger partial charge in [0.1, 0.15) is 0 Å². The largest absolute Gasteiger partial charge is 0.281 e. The predicted octanol–water partition coefficient (Wildman–Crippen LogP) is 2.22. The van der Waals surface area contributed by atoms with Gasteiger partial charge in [0.25, 0.3) is 5.91 Å². The van der Waals surface area contributed by atoms with Gasteiger partial charge in [0, 0.05) is 5.57 Å². The van der Waals surface area contributed by atoms with Crippen LogP contribution in [0.2, 0.25) is 0 Å². The monoisotopic (exact) mass is 216 g/mol. The van der Waals surface area contributed by atoms with E-state index >= 15 is 0 Å². The molecule has 2 rings (SSSR count). The molecule has 84 valence electrons. The number of anilines is 1. The van der Waals surface area contributed by atoms with Crippen LogP contribution in [0.5, 0.6) is 0 Å². The normalized spacial score (nSPS) is 15.8. The Hall–Kier alpha value is -1.77. The van der Waals surface area contributed by atoms with Gasteiger partial charge in [-0.3, -0.25) is 15.2 Å². The second kappa shape index (κ2) is 4.00. The van der Waals surface area contributed by atoms with Crippen LogP contribution in [-0.4, -0.2) is 12.5 Å². The van der Waals surface area contributed by atoms with Crippen LogP contribution in [0.15, 0.2) is 36.4 Å². The van der Waals surface area contributed by atoms with Gasteiger partial charge in [-0.1, -0.05) is 32.6 Å². The molecule has 1 N–H and O–H groups in total. The van der Waals surface area contributed by atoms with E-state index in [4.69, 9.17) is 0 Å². The number of benzene rings is 1. The molecule has 0 saturated carbocycles. The van der Waals surface area contributed by atoms with Crippen molar-refractivity contribution < 1.29 is 4.79 Å². The first-order valence-corrected chi connectivity index (χ1v) is 5.44. The zero-order valence-corrected chi connectivity index (χ0v) is 9.66. The molecule has 0 atom stereocenters. The number of hydrogen-bond donors (Lipinski definition) is 1. The number of nitrogens with one attached hydrogen (secondary N) is 1. The molecule has 3 heteroatoms. The van der Waals surface area contributed by atoms with Crippen molar-refractivity contribution in [1.82, 2.24) is 5.43 Å². The van der Waals surface area contributed by atoms with E-state index in [1.807, 2.05) is 17.1 Å². The molecule has 1 aromatic rings. The fourth-order valence-corrected chi connectivity index (χ4v) is 1.70. The lowest BCUT2D eigenvalue weighted by molar-refractivity contribution is -0.116. The van der Waals surface area contributed by atoms with Crippen molar-refractivity contribution >= 4 is 11.6 Å². The SMILES string of the molecule is C=C1CN(c2ccc(C(C)C)cc2)NC1=O. The average Bonchev–Trinajstić information content (AvgIpc) is 2.59. The van der Waals surface area contributed by atoms with Crippen LogP contribution in [-0.2, 0) is 4.79 Å². The summed E-state index contributed by atoms with van der Waals surface area (Å²) in [6, 6.07) is 8.23. The topological polar surface area (TPSA) is 32.3 Å². The Kier molecular flexibility index (Phi) is 2.69. The van der Waals surface area contributed by atoms with Gasteiger partial charge in [0.2, 0.25) is 0 Å². The fourth-order valence-electron chi connectivity index (χ4n) is 1.70. The Balaban J connectivity index is 2.17. The first kappa shape index (κ1) is 10.7. The Bertz CT molecular complexity index is 404. The summed E-state index contributed by atoms with van der Waals surface area (Å²) in [5.74, 6) is 0.435. The second-order valence-corrected chi connectivity index (χ2v) is 4.38. The van der Waals surface area contributed by atoms with Crippen molar-refractivity contribution in [1.29, 1.82) is 0 Å². The molecule has 0 spiro atoms. The van der Waals surface area contributed by atoms with Gasteiger partial charge >= 0.3 is 0 Å². The molecule has 0 bridgehead atoms. The van der Waals surface area contributed by atoms with Gasteiger partial charge < -0.3 is 0 Å². The third kappa shape index (κ3) is 1.94. The molecule has 1 heterocycles. The van der Waals surface area contributed by atoms with E-state index in [2.05, 4.69) is 38.0 Å². The fraction of sp³-hybridized carbons (Fsp3) is 0.308. The maximum absolute atomic E-state index is 11.3. The Morgan fingerprint density at radius 2 is 1.94 bits per heavy atom. The molecular weight excluding hydrogens is 200 g/mol. The Morgan fingerprint density at radius 3 is 2.38 bits per heavy atom. The van der Waals surface area contributed by atoms with E-state index in [-0.39, 0.29) is 5.91 Å². The summed E-state index contributed by atoms with van der Waals surface area (Å²) in [5, 5.41) is 1.81. The zero-order chi connectivity index (χ0) is 11.7. The summed E-state index contributed by atoms with van der Waals surface area (Å²) in [6.45, 7) is 8.58. The number of carbonyl (C=O) groups is 1. The summed E-state index contributed by atoms with van der Waals surface area (Å²) >= 11 is 0. The molecular formula is C13H16N2O. The second-order valence-electron chi connectivity index (χ2n) is 4.38. The van der Waals surface area contributed by atoms with Crippen molar-refractivity contribution in [3.63, 3.8) is 0 Å². The highest BCUT2D eigenvalue weighted by Crippen LogP contribution is 2.21. The summed E-state index contributed by atoms with van der Waals surface area (Å²) in [7, 11) is 0. The third-order valence-corrected chi connectivity index (χ3v) is 2.78.